The standard InChI is InChI=1S/C19H28N2O4/c1-14-12-21(13-15(2)25-14)16-3-4-17(20-11-16)18(22)5-7-19(8-6-18)23-9-10-24-19/h3-4,11,14-15,22H,5-10,12-13H2,1-2H3. The van der Waals surface area contributed by atoms with Crippen LogP contribution in [-0.4, -0.2) is 54.4 Å². The van der Waals surface area contributed by atoms with E-state index in [1.54, 1.807) is 0 Å². The summed E-state index contributed by atoms with van der Waals surface area (Å²) in [4.78, 5) is 6.90. The number of pyridine rings is 1. The molecule has 0 radical (unpaired) electrons. The average molecular weight is 348 g/mol. The van der Waals surface area contributed by atoms with Crippen molar-refractivity contribution in [3.05, 3.63) is 24.0 Å². The molecule has 0 bridgehead atoms. The van der Waals surface area contributed by atoms with Gasteiger partial charge in [-0.1, -0.05) is 0 Å². The van der Waals surface area contributed by atoms with Crippen LogP contribution in [0.4, 0.5) is 5.69 Å². The van der Waals surface area contributed by atoms with Crippen molar-refractivity contribution in [2.75, 3.05) is 31.2 Å². The molecule has 3 aliphatic rings. The first-order valence-corrected chi connectivity index (χ1v) is 9.35. The molecule has 0 aromatic carbocycles. The van der Waals surface area contributed by atoms with Gasteiger partial charge in [0.15, 0.2) is 5.79 Å². The largest absolute Gasteiger partial charge is 0.384 e. The molecule has 2 saturated heterocycles. The fraction of sp³-hybridized carbons (Fsp3) is 0.737. The first-order chi connectivity index (χ1) is 12.0. The third-order valence-electron chi connectivity index (χ3n) is 5.66. The minimum absolute atomic E-state index is 0.216. The van der Waals surface area contributed by atoms with Crippen molar-refractivity contribution >= 4 is 5.69 Å². The molecule has 1 aromatic heterocycles. The fourth-order valence-corrected chi connectivity index (χ4v) is 4.32. The monoisotopic (exact) mass is 348 g/mol. The van der Waals surface area contributed by atoms with Gasteiger partial charge < -0.3 is 24.2 Å². The van der Waals surface area contributed by atoms with Gasteiger partial charge in [0.05, 0.1) is 43.0 Å². The van der Waals surface area contributed by atoms with Crippen LogP contribution in [0, 0.1) is 0 Å². The third kappa shape index (κ3) is 3.40. The second-order valence-electron chi connectivity index (χ2n) is 7.70. The Hall–Kier alpha value is -1.21. The summed E-state index contributed by atoms with van der Waals surface area (Å²) in [5, 5.41) is 11.1. The number of morpholine rings is 1. The number of aromatic nitrogens is 1. The van der Waals surface area contributed by atoms with Crippen LogP contribution in [0.15, 0.2) is 18.3 Å². The Morgan fingerprint density at radius 1 is 1.04 bits per heavy atom. The van der Waals surface area contributed by atoms with E-state index < -0.39 is 11.4 Å². The summed E-state index contributed by atoms with van der Waals surface area (Å²) in [5.74, 6) is -0.466. The predicted molar refractivity (Wildman–Crippen MR) is 93.5 cm³/mol. The van der Waals surface area contributed by atoms with Crippen LogP contribution in [0.3, 0.4) is 0 Å². The van der Waals surface area contributed by atoms with Gasteiger partial charge in [0.1, 0.15) is 5.60 Å². The molecule has 1 saturated carbocycles. The van der Waals surface area contributed by atoms with E-state index in [2.05, 4.69) is 29.8 Å². The normalized spacial score (nSPS) is 31.4. The molecule has 2 unspecified atom stereocenters. The van der Waals surface area contributed by atoms with Gasteiger partial charge in [0.25, 0.3) is 0 Å². The smallest absolute Gasteiger partial charge is 0.168 e. The van der Waals surface area contributed by atoms with Gasteiger partial charge >= 0.3 is 0 Å². The lowest BCUT2D eigenvalue weighted by Crippen LogP contribution is -2.45. The van der Waals surface area contributed by atoms with Crippen LogP contribution in [-0.2, 0) is 19.8 Å². The Morgan fingerprint density at radius 3 is 2.24 bits per heavy atom. The average Bonchev–Trinajstić information content (AvgIpc) is 3.06. The lowest BCUT2D eigenvalue weighted by atomic mass is 9.79. The quantitative estimate of drug-likeness (QED) is 0.884. The van der Waals surface area contributed by atoms with Gasteiger partial charge in [-0.05, 0) is 38.8 Å². The summed E-state index contributed by atoms with van der Waals surface area (Å²) < 4.78 is 17.3. The molecule has 4 rings (SSSR count). The van der Waals surface area contributed by atoms with Crippen LogP contribution in [0.5, 0.6) is 0 Å². The van der Waals surface area contributed by atoms with Crippen molar-refractivity contribution in [2.24, 2.45) is 0 Å². The van der Waals surface area contributed by atoms with Crippen LogP contribution in [0.2, 0.25) is 0 Å². The molecule has 3 heterocycles. The lowest BCUT2D eigenvalue weighted by molar-refractivity contribution is -0.204. The topological polar surface area (TPSA) is 64.1 Å². The molecule has 6 heteroatoms. The summed E-state index contributed by atoms with van der Waals surface area (Å²) in [5.41, 5.74) is 0.951. The van der Waals surface area contributed by atoms with Crippen molar-refractivity contribution in [1.29, 1.82) is 0 Å². The zero-order chi connectivity index (χ0) is 17.5. The highest BCUT2D eigenvalue weighted by atomic mass is 16.7. The minimum atomic E-state index is -0.884. The zero-order valence-corrected chi connectivity index (χ0v) is 15.1. The van der Waals surface area contributed by atoms with E-state index in [4.69, 9.17) is 14.2 Å². The number of ether oxygens (including phenoxy) is 3. The molecule has 138 valence electrons. The summed E-state index contributed by atoms with van der Waals surface area (Å²) in [7, 11) is 0. The Labute approximate surface area is 149 Å². The van der Waals surface area contributed by atoms with E-state index in [0.717, 1.165) is 24.5 Å². The van der Waals surface area contributed by atoms with Crippen LogP contribution < -0.4 is 4.90 Å². The van der Waals surface area contributed by atoms with Crippen LogP contribution in [0.25, 0.3) is 0 Å². The first-order valence-electron chi connectivity index (χ1n) is 9.35. The van der Waals surface area contributed by atoms with E-state index >= 15 is 0 Å². The molecule has 6 nitrogen and oxygen atoms in total. The summed E-state index contributed by atoms with van der Waals surface area (Å²) >= 11 is 0. The maximum Gasteiger partial charge on any atom is 0.168 e. The molecule has 1 aromatic rings. The second-order valence-corrected chi connectivity index (χ2v) is 7.70. The maximum atomic E-state index is 11.1. The van der Waals surface area contributed by atoms with Gasteiger partial charge in [0, 0.05) is 25.9 Å². The van der Waals surface area contributed by atoms with Gasteiger partial charge in [-0.3, -0.25) is 4.98 Å². The maximum absolute atomic E-state index is 11.1. The number of hydrogen-bond donors (Lipinski definition) is 1. The number of hydrogen-bond acceptors (Lipinski definition) is 6. The number of aliphatic hydroxyl groups is 1. The van der Waals surface area contributed by atoms with Crippen LogP contribution in [0.1, 0.15) is 45.2 Å². The highest BCUT2D eigenvalue weighted by Crippen LogP contribution is 2.44. The Morgan fingerprint density at radius 2 is 1.68 bits per heavy atom. The van der Waals surface area contributed by atoms with Crippen molar-refractivity contribution in [1.82, 2.24) is 4.98 Å². The molecule has 2 atom stereocenters. The van der Waals surface area contributed by atoms with E-state index in [9.17, 15) is 5.11 Å². The second kappa shape index (κ2) is 6.50. The van der Waals surface area contributed by atoms with Gasteiger partial charge in [0.2, 0.25) is 0 Å². The molecule has 1 spiro atoms. The Bertz CT molecular complexity index is 580. The predicted octanol–water partition coefficient (Wildman–Crippen LogP) is 2.20. The van der Waals surface area contributed by atoms with E-state index in [0.29, 0.717) is 38.9 Å². The molecule has 1 aliphatic carbocycles. The molecule has 1 N–H and O–H groups in total. The van der Waals surface area contributed by atoms with Crippen molar-refractivity contribution in [2.45, 2.75) is 63.1 Å². The van der Waals surface area contributed by atoms with Gasteiger partial charge in [-0.25, -0.2) is 0 Å². The molecular weight excluding hydrogens is 320 g/mol. The first kappa shape index (κ1) is 17.2. The molecule has 2 aliphatic heterocycles. The van der Waals surface area contributed by atoms with E-state index in [-0.39, 0.29) is 12.2 Å². The molecule has 3 fully saturated rings. The van der Waals surface area contributed by atoms with Gasteiger partial charge in [-0.15, -0.1) is 0 Å². The minimum Gasteiger partial charge on any atom is -0.384 e. The summed E-state index contributed by atoms with van der Waals surface area (Å²) in [6.45, 7) is 7.24. The Balaban J connectivity index is 1.45. The number of rotatable bonds is 2. The molecular formula is C19H28N2O4. The highest BCUT2D eigenvalue weighted by molar-refractivity contribution is 5.46. The van der Waals surface area contributed by atoms with Gasteiger partial charge in [-0.2, -0.15) is 0 Å². The fourth-order valence-electron chi connectivity index (χ4n) is 4.32. The zero-order valence-electron chi connectivity index (χ0n) is 15.1. The third-order valence-corrected chi connectivity index (χ3v) is 5.66. The van der Waals surface area contributed by atoms with E-state index in [1.165, 1.54) is 0 Å². The highest BCUT2D eigenvalue weighted by Gasteiger charge is 2.46. The molecule has 0 amide bonds. The van der Waals surface area contributed by atoms with Crippen molar-refractivity contribution < 1.29 is 19.3 Å². The van der Waals surface area contributed by atoms with Crippen molar-refractivity contribution in [3.63, 3.8) is 0 Å². The Kier molecular flexibility index (Phi) is 4.48. The number of anilines is 1. The number of nitrogens with zero attached hydrogens (tertiary/aromatic N) is 2. The summed E-state index contributed by atoms with van der Waals surface area (Å²) in [6, 6.07) is 4.03. The SMILES string of the molecule is CC1CN(c2ccc(C3(O)CCC4(CC3)OCCO4)nc2)CC(C)O1. The van der Waals surface area contributed by atoms with Crippen LogP contribution >= 0.6 is 0 Å². The van der Waals surface area contributed by atoms with Crippen molar-refractivity contribution in [3.8, 4) is 0 Å². The molecule has 25 heavy (non-hydrogen) atoms. The van der Waals surface area contributed by atoms with E-state index in [1.807, 2.05) is 12.3 Å². The lowest BCUT2D eigenvalue weighted by Gasteiger charge is -2.40. The summed E-state index contributed by atoms with van der Waals surface area (Å²) in [6.07, 6.45) is 4.97.